The molecule has 19 heavy (non-hydrogen) atoms. The maximum atomic E-state index is 11.8. The summed E-state index contributed by atoms with van der Waals surface area (Å²) < 4.78 is 0. The van der Waals surface area contributed by atoms with Gasteiger partial charge in [0.25, 0.3) is 0 Å². The van der Waals surface area contributed by atoms with Crippen molar-refractivity contribution in [2.24, 2.45) is 11.7 Å². The molecule has 1 aromatic rings. The predicted molar refractivity (Wildman–Crippen MR) is 79.3 cm³/mol. The number of anilines is 1. The van der Waals surface area contributed by atoms with Crippen molar-refractivity contribution in [2.75, 3.05) is 5.32 Å². The zero-order chi connectivity index (χ0) is 14.3. The van der Waals surface area contributed by atoms with Crippen LogP contribution in [0.3, 0.4) is 0 Å². The number of hydrogen-bond donors (Lipinski definition) is 2. The summed E-state index contributed by atoms with van der Waals surface area (Å²) >= 11 is 0. The Bertz CT molecular complexity index is 522. The number of amides is 1. The fourth-order valence-electron chi connectivity index (χ4n) is 2.76. The molecule has 0 fully saturated rings. The monoisotopic (exact) mass is 260 g/mol. The first-order valence-corrected chi connectivity index (χ1v) is 7.08. The quantitative estimate of drug-likeness (QED) is 0.875. The minimum absolute atomic E-state index is 0.0388. The summed E-state index contributed by atoms with van der Waals surface area (Å²) in [6.07, 6.45) is 1.06. The highest BCUT2D eigenvalue weighted by molar-refractivity contribution is 6.03. The number of benzene rings is 1. The van der Waals surface area contributed by atoms with E-state index in [1.807, 2.05) is 6.92 Å². The first-order valence-electron chi connectivity index (χ1n) is 7.08. The second-order valence-corrected chi connectivity index (χ2v) is 5.80. The standard InChI is InChI=1S/C16H24N2O/c1-6-8(2)14(17)12-7-13-11(5)16(19)18-15(13)10(4)9(12)3/h7-8,11,14H,6,17H2,1-5H3,(H,18,19). The van der Waals surface area contributed by atoms with Crippen LogP contribution in [0.5, 0.6) is 0 Å². The van der Waals surface area contributed by atoms with Crippen molar-refractivity contribution in [3.63, 3.8) is 0 Å². The van der Waals surface area contributed by atoms with E-state index >= 15 is 0 Å². The van der Waals surface area contributed by atoms with Gasteiger partial charge in [0.15, 0.2) is 0 Å². The van der Waals surface area contributed by atoms with E-state index in [-0.39, 0.29) is 17.9 Å². The third-order valence-electron chi connectivity index (χ3n) is 4.69. The van der Waals surface area contributed by atoms with Crippen molar-refractivity contribution in [1.29, 1.82) is 0 Å². The number of hydrogen-bond acceptors (Lipinski definition) is 2. The highest BCUT2D eigenvalue weighted by Crippen LogP contribution is 2.40. The third kappa shape index (κ3) is 2.16. The van der Waals surface area contributed by atoms with Gasteiger partial charge >= 0.3 is 0 Å². The van der Waals surface area contributed by atoms with Gasteiger partial charge < -0.3 is 11.1 Å². The van der Waals surface area contributed by atoms with Crippen LogP contribution in [-0.2, 0) is 4.79 Å². The molecule has 0 aliphatic carbocycles. The highest BCUT2D eigenvalue weighted by atomic mass is 16.2. The van der Waals surface area contributed by atoms with E-state index in [9.17, 15) is 4.79 Å². The van der Waals surface area contributed by atoms with Gasteiger partial charge in [0.1, 0.15) is 0 Å². The molecule has 0 saturated heterocycles. The van der Waals surface area contributed by atoms with Crippen molar-refractivity contribution < 1.29 is 4.79 Å². The summed E-state index contributed by atoms with van der Waals surface area (Å²) in [5.74, 6) is 0.459. The highest BCUT2D eigenvalue weighted by Gasteiger charge is 2.30. The number of nitrogens with two attached hydrogens (primary N) is 1. The summed E-state index contributed by atoms with van der Waals surface area (Å²) in [6.45, 7) is 10.5. The van der Waals surface area contributed by atoms with Gasteiger partial charge in [-0.15, -0.1) is 0 Å². The van der Waals surface area contributed by atoms with Gasteiger partial charge in [0.2, 0.25) is 5.91 Å². The lowest BCUT2D eigenvalue weighted by Gasteiger charge is -2.23. The molecule has 2 rings (SSSR count). The molecular weight excluding hydrogens is 236 g/mol. The lowest BCUT2D eigenvalue weighted by Crippen LogP contribution is -2.20. The van der Waals surface area contributed by atoms with Gasteiger partial charge in [-0.1, -0.05) is 26.3 Å². The van der Waals surface area contributed by atoms with Crippen molar-refractivity contribution in [3.8, 4) is 0 Å². The smallest absolute Gasteiger partial charge is 0.231 e. The maximum Gasteiger partial charge on any atom is 0.231 e. The van der Waals surface area contributed by atoms with Gasteiger partial charge in [0.05, 0.1) is 5.92 Å². The summed E-state index contributed by atoms with van der Waals surface area (Å²) in [5.41, 5.74) is 12.0. The molecule has 1 amide bonds. The van der Waals surface area contributed by atoms with E-state index < -0.39 is 0 Å². The molecule has 0 radical (unpaired) electrons. The van der Waals surface area contributed by atoms with Crippen LogP contribution in [0.15, 0.2) is 6.07 Å². The van der Waals surface area contributed by atoms with E-state index in [4.69, 9.17) is 5.73 Å². The average molecular weight is 260 g/mol. The number of carbonyl (C=O) groups excluding carboxylic acids is 1. The average Bonchev–Trinajstić information content (AvgIpc) is 2.68. The molecule has 3 atom stereocenters. The molecular formula is C16H24N2O. The minimum atomic E-state index is -0.0721. The first kappa shape index (κ1) is 14.1. The Morgan fingerprint density at radius 2 is 2.00 bits per heavy atom. The van der Waals surface area contributed by atoms with Crippen LogP contribution in [0.25, 0.3) is 0 Å². The summed E-state index contributed by atoms with van der Waals surface area (Å²) in [5, 5.41) is 2.99. The normalized spacial score (nSPS) is 20.9. The molecule has 1 heterocycles. The van der Waals surface area contributed by atoms with Gasteiger partial charge in [-0.3, -0.25) is 4.79 Å². The SMILES string of the molecule is CCC(C)C(N)c1cc2c(c(C)c1C)NC(=O)C2C. The number of carbonyl (C=O) groups is 1. The predicted octanol–water partition coefficient (Wildman–Crippen LogP) is 3.40. The van der Waals surface area contributed by atoms with Gasteiger partial charge in [-0.05, 0) is 48.9 Å². The Balaban J connectivity index is 2.54. The maximum absolute atomic E-state index is 11.8. The Hall–Kier alpha value is -1.35. The van der Waals surface area contributed by atoms with Crippen LogP contribution in [0, 0.1) is 19.8 Å². The van der Waals surface area contributed by atoms with E-state index in [2.05, 4.69) is 39.1 Å². The number of fused-ring (bicyclic) bond motifs is 1. The zero-order valence-electron chi connectivity index (χ0n) is 12.5. The fraction of sp³-hybridized carbons (Fsp3) is 0.562. The Morgan fingerprint density at radius 3 is 2.58 bits per heavy atom. The molecule has 0 saturated carbocycles. The Kier molecular flexibility index (Phi) is 3.68. The van der Waals surface area contributed by atoms with Crippen LogP contribution in [0.1, 0.15) is 61.4 Å². The molecule has 0 spiro atoms. The molecule has 104 valence electrons. The third-order valence-corrected chi connectivity index (χ3v) is 4.69. The fourth-order valence-corrected chi connectivity index (χ4v) is 2.76. The number of nitrogens with one attached hydrogen (secondary N) is 1. The van der Waals surface area contributed by atoms with E-state index in [1.165, 1.54) is 11.1 Å². The first-order chi connectivity index (χ1) is 8.88. The van der Waals surface area contributed by atoms with E-state index in [0.717, 1.165) is 23.2 Å². The molecule has 3 nitrogen and oxygen atoms in total. The molecule has 3 N–H and O–H groups in total. The molecule has 0 aromatic heterocycles. The zero-order valence-corrected chi connectivity index (χ0v) is 12.5. The Morgan fingerprint density at radius 1 is 1.37 bits per heavy atom. The van der Waals surface area contributed by atoms with Crippen LogP contribution >= 0.6 is 0 Å². The molecule has 3 unspecified atom stereocenters. The van der Waals surface area contributed by atoms with E-state index in [0.29, 0.717) is 5.92 Å². The second-order valence-electron chi connectivity index (χ2n) is 5.80. The summed E-state index contributed by atoms with van der Waals surface area (Å²) in [6, 6.07) is 2.17. The van der Waals surface area contributed by atoms with Gasteiger partial charge in [-0.2, -0.15) is 0 Å². The summed E-state index contributed by atoms with van der Waals surface area (Å²) in [4.78, 5) is 11.8. The second kappa shape index (κ2) is 4.97. The molecule has 1 aliphatic rings. The van der Waals surface area contributed by atoms with Crippen LogP contribution in [-0.4, -0.2) is 5.91 Å². The molecule has 1 aromatic carbocycles. The largest absolute Gasteiger partial charge is 0.325 e. The molecule has 3 heteroatoms. The van der Waals surface area contributed by atoms with Crippen molar-refractivity contribution >= 4 is 11.6 Å². The van der Waals surface area contributed by atoms with Crippen LogP contribution in [0.2, 0.25) is 0 Å². The van der Waals surface area contributed by atoms with Crippen molar-refractivity contribution in [2.45, 2.75) is 53.0 Å². The van der Waals surface area contributed by atoms with Gasteiger partial charge in [-0.25, -0.2) is 0 Å². The number of rotatable bonds is 3. The topological polar surface area (TPSA) is 55.1 Å². The lowest BCUT2D eigenvalue weighted by molar-refractivity contribution is -0.116. The lowest BCUT2D eigenvalue weighted by atomic mass is 9.85. The molecule has 1 aliphatic heterocycles. The van der Waals surface area contributed by atoms with Crippen LogP contribution < -0.4 is 11.1 Å². The van der Waals surface area contributed by atoms with E-state index in [1.54, 1.807) is 0 Å². The van der Waals surface area contributed by atoms with Crippen LogP contribution in [0.4, 0.5) is 5.69 Å². The van der Waals surface area contributed by atoms with Crippen molar-refractivity contribution in [3.05, 3.63) is 28.3 Å². The van der Waals surface area contributed by atoms with Crippen molar-refractivity contribution in [1.82, 2.24) is 0 Å². The minimum Gasteiger partial charge on any atom is -0.325 e. The Labute approximate surface area is 115 Å². The summed E-state index contributed by atoms with van der Waals surface area (Å²) in [7, 11) is 0. The van der Waals surface area contributed by atoms with Gasteiger partial charge in [0, 0.05) is 11.7 Å². The molecule has 0 bridgehead atoms.